The molecule has 0 bridgehead atoms. The van der Waals surface area contributed by atoms with E-state index in [2.05, 4.69) is 4.90 Å². The summed E-state index contributed by atoms with van der Waals surface area (Å²) in [4.78, 5) is 2.16. The van der Waals surface area contributed by atoms with Gasteiger partial charge in [0.05, 0.1) is 22.2 Å². The average molecular weight is 289 g/mol. The fraction of sp³-hybridized carbons (Fsp3) is 0.500. The van der Waals surface area contributed by atoms with Gasteiger partial charge in [-0.25, -0.2) is 8.42 Å². The zero-order chi connectivity index (χ0) is 13.3. The standard InChI is InChI=1S/C12H17ClN2O2S/c1-9-8-18(16,17)5-4-15(9)7-10-2-3-11(13)12(14)6-10/h2-3,6,9H,4-5,7-8,14H2,1H3. The van der Waals surface area contributed by atoms with Crippen LogP contribution in [-0.2, 0) is 16.4 Å². The second-order valence-electron chi connectivity index (χ2n) is 4.79. The SMILES string of the molecule is CC1CS(=O)(=O)CCN1Cc1ccc(Cl)c(N)c1. The van der Waals surface area contributed by atoms with E-state index >= 15 is 0 Å². The van der Waals surface area contributed by atoms with Crippen LogP contribution in [0.15, 0.2) is 18.2 Å². The van der Waals surface area contributed by atoms with Crippen LogP contribution in [-0.4, -0.2) is 37.4 Å². The van der Waals surface area contributed by atoms with Crippen LogP contribution in [0.1, 0.15) is 12.5 Å². The number of anilines is 1. The summed E-state index contributed by atoms with van der Waals surface area (Å²) in [6, 6.07) is 5.59. The highest BCUT2D eigenvalue weighted by Gasteiger charge is 2.27. The van der Waals surface area contributed by atoms with Crippen LogP contribution in [0.3, 0.4) is 0 Å². The normalized spacial score (nSPS) is 24.0. The third-order valence-electron chi connectivity index (χ3n) is 3.25. The Morgan fingerprint density at radius 2 is 2.22 bits per heavy atom. The van der Waals surface area contributed by atoms with Gasteiger partial charge in [0.2, 0.25) is 0 Å². The van der Waals surface area contributed by atoms with Gasteiger partial charge < -0.3 is 5.73 Å². The van der Waals surface area contributed by atoms with Crippen molar-refractivity contribution in [2.24, 2.45) is 0 Å². The van der Waals surface area contributed by atoms with Crippen molar-refractivity contribution in [3.05, 3.63) is 28.8 Å². The van der Waals surface area contributed by atoms with Crippen molar-refractivity contribution in [2.45, 2.75) is 19.5 Å². The van der Waals surface area contributed by atoms with Crippen LogP contribution in [0.4, 0.5) is 5.69 Å². The maximum Gasteiger partial charge on any atom is 0.153 e. The van der Waals surface area contributed by atoms with Gasteiger partial charge in [-0.3, -0.25) is 4.90 Å². The maximum absolute atomic E-state index is 11.5. The molecule has 1 atom stereocenters. The molecule has 1 aliphatic rings. The third-order valence-corrected chi connectivity index (χ3v) is 5.39. The van der Waals surface area contributed by atoms with Crippen molar-refractivity contribution < 1.29 is 8.42 Å². The van der Waals surface area contributed by atoms with Gasteiger partial charge in [-0.15, -0.1) is 0 Å². The largest absolute Gasteiger partial charge is 0.398 e. The van der Waals surface area contributed by atoms with Crippen molar-refractivity contribution in [2.75, 3.05) is 23.8 Å². The van der Waals surface area contributed by atoms with Crippen LogP contribution >= 0.6 is 11.6 Å². The molecule has 2 rings (SSSR count). The Labute approximate surface area is 113 Å². The van der Waals surface area contributed by atoms with Crippen molar-refractivity contribution in [1.29, 1.82) is 0 Å². The summed E-state index contributed by atoms with van der Waals surface area (Å²) >= 11 is 5.87. The van der Waals surface area contributed by atoms with E-state index in [1.165, 1.54) is 0 Å². The number of benzene rings is 1. The molecule has 0 aromatic heterocycles. The quantitative estimate of drug-likeness (QED) is 0.839. The van der Waals surface area contributed by atoms with Crippen molar-refractivity contribution in [3.8, 4) is 0 Å². The van der Waals surface area contributed by atoms with Gasteiger partial charge in [0.15, 0.2) is 9.84 Å². The second kappa shape index (κ2) is 5.07. The van der Waals surface area contributed by atoms with E-state index in [1.54, 1.807) is 6.07 Å². The molecule has 1 unspecified atom stereocenters. The molecule has 1 aromatic rings. The molecule has 1 heterocycles. The Balaban J connectivity index is 2.08. The van der Waals surface area contributed by atoms with E-state index in [4.69, 9.17) is 17.3 Å². The predicted molar refractivity (Wildman–Crippen MR) is 74.4 cm³/mol. The molecule has 1 saturated heterocycles. The maximum atomic E-state index is 11.5. The summed E-state index contributed by atoms with van der Waals surface area (Å²) in [5.74, 6) is 0.469. The number of nitrogens with zero attached hydrogens (tertiary/aromatic N) is 1. The minimum Gasteiger partial charge on any atom is -0.398 e. The average Bonchev–Trinajstić information content (AvgIpc) is 2.27. The van der Waals surface area contributed by atoms with E-state index in [-0.39, 0.29) is 17.5 Å². The molecule has 4 nitrogen and oxygen atoms in total. The van der Waals surface area contributed by atoms with Gasteiger partial charge in [0.25, 0.3) is 0 Å². The minimum atomic E-state index is -2.86. The highest BCUT2D eigenvalue weighted by molar-refractivity contribution is 7.91. The highest BCUT2D eigenvalue weighted by atomic mass is 35.5. The monoisotopic (exact) mass is 288 g/mol. The smallest absolute Gasteiger partial charge is 0.153 e. The molecular weight excluding hydrogens is 272 g/mol. The van der Waals surface area contributed by atoms with Crippen molar-refractivity contribution in [1.82, 2.24) is 4.90 Å². The minimum absolute atomic E-state index is 0.0423. The number of nitrogens with two attached hydrogens (primary N) is 1. The van der Waals surface area contributed by atoms with E-state index in [1.807, 2.05) is 19.1 Å². The first kappa shape index (κ1) is 13.6. The van der Waals surface area contributed by atoms with Crippen LogP contribution in [0.2, 0.25) is 5.02 Å². The van der Waals surface area contributed by atoms with E-state index < -0.39 is 9.84 Å². The van der Waals surface area contributed by atoms with Gasteiger partial charge in [-0.2, -0.15) is 0 Å². The second-order valence-corrected chi connectivity index (χ2v) is 7.43. The van der Waals surface area contributed by atoms with Crippen LogP contribution in [0.5, 0.6) is 0 Å². The number of hydrogen-bond acceptors (Lipinski definition) is 4. The van der Waals surface area contributed by atoms with Crippen molar-refractivity contribution in [3.63, 3.8) is 0 Å². The van der Waals surface area contributed by atoms with Crippen molar-refractivity contribution >= 4 is 27.1 Å². The van der Waals surface area contributed by atoms with E-state index in [0.29, 0.717) is 23.8 Å². The molecule has 18 heavy (non-hydrogen) atoms. The molecule has 1 fully saturated rings. The lowest BCUT2D eigenvalue weighted by atomic mass is 10.1. The Morgan fingerprint density at radius 3 is 2.83 bits per heavy atom. The molecule has 6 heteroatoms. The van der Waals surface area contributed by atoms with Crippen LogP contribution < -0.4 is 5.73 Å². The fourth-order valence-electron chi connectivity index (χ4n) is 2.19. The number of sulfone groups is 1. The zero-order valence-corrected chi connectivity index (χ0v) is 11.8. The first-order valence-electron chi connectivity index (χ1n) is 5.86. The van der Waals surface area contributed by atoms with E-state index in [9.17, 15) is 8.42 Å². The summed E-state index contributed by atoms with van der Waals surface area (Å²) in [5.41, 5.74) is 7.38. The summed E-state index contributed by atoms with van der Waals surface area (Å²) in [6.45, 7) is 3.22. The molecule has 1 aliphatic heterocycles. The number of rotatable bonds is 2. The highest BCUT2D eigenvalue weighted by Crippen LogP contribution is 2.22. The molecular formula is C12H17ClN2O2S. The van der Waals surface area contributed by atoms with Gasteiger partial charge in [-0.05, 0) is 24.6 Å². The van der Waals surface area contributed by atoms with Gasteiger partial charge >= 0.3 is 0 Å². The zero-order valence-electron chi connectivity index (χ0n) is 10.3. The lowest BCUT2D eigenvalue weighted by molar-refractivity contribution is 0.218. The number of halogens is 1. The summed E-state index contributed by atoms with van der Waals surface area (Å²) in [7, 11) is -2.86. The molecule has 0 amide bonds. The molecule has 0 saturated carbocycles. The van der Waals surface area contributed by atoms with Crippen LogP contribution in [0.25, 0.3) is 0 Å². The van der Waals surface area contributed by atoms with E-state index in [0.717, 1.165) is 5.56 Å². The fourth-order valence-corrected chi connectivity index (χ4v) is 3.94. The third kappa shape index (κ3) is 3.16. The summed E-state index contributed by atoms with van der Waals surface area (Å²) < 4.78 is 23.0. The molecule has 2 N–H and O–H groups in total. The van der Waals surface area contributed by atoms with Crippen LogP contribution in [0, 0.1) is 0 Å². The summed E-state index contributed by atoms with van der Waals surface area (Å²) in [6.07, 6.45) is 0. The molecule has 0 spiro atoms. The lowest BCUT2D eigenvalue weighted by Gasteiger charge is -2.33. The topological polar surface area (TPSA) is 63.4 Å². The van der Waals surface area contributed by atoms with Gasteiger partial charge in [0.1, 0.15) is 0 Å². The Morgan fingerprint density at radius 1 is 1.50 bits per heavy atom. The molecule has 1 aromatic carbocycles. The molecule has 100 valence electrons. The Kier molecular flexibility index (Phi) is 3.84. The van der Waals surface area contributed by atoms with Gasteiger partial charge in [0, 0.05) is 19.1 Å². The van der Waals surface area contributed by atoms with Gasteiger partial charge in [-0.1, -0.05) is 17.7 Å². The first-order valence-corrected chi connectivity index (χ1v) is 8.06. The Bertz CT molecular complexity index is 545. The number of hydrogen-bond donors (Lipinski definition) is 1. The first-order chi connectivity index (χ1) is 8.37. The molecule has 0 aliphatic carbocycles. The lowest BCUT2D eigenvalue weighted by Crippen LogP contribution is -2.46. The summed E-state index contributed by atoms with van der Waals surface area (Å²) in [5, 5.41) is 0.549. The number of nitrogen functional groups attached to an aromatic ring is 1. The molecule has 0 radical (unpaired) electrons. The Hall–Kier alpha value is -0.780. The predicted octanol–water partition coefficient (Wildman–Crippen LogP) is 1.54.